The number of aromatic nitrogens is 4. The van der Waals surface area contributed by atoms with Crippen LogP contribution in [0.3, 0.4) is 0 Å². The maximum absolute atomic E-state index is 6.11. The molecule has 226 valence electrons. The average Bonchev–Trinajstić information content (AvgIpc) is 3.65. The van der Waals surface area contributed by atoms with E-state index in [1.807, 2.05) is 6.33 Å². The van der Waals surface area contributed by atoms with Crippen molar-refractivity contribution >= 4 is 22.9 Å². The van der Waals surface area contributed by atoms with E-state index in [2.05, 4.69) is 46.4 Å². The quantitative estimate of drug-likeness (QED) is 0.223. The van der Waals surface area contributed by atoms with Crippen molar-refractivity contribution < 1.29 is 0 Å². The van der Waals surface area contributed by atoms with Crippen molar-refractivity contribution in [3.8, 4) is 0 Å². The highest BCUT2D eigenvalue weighted by molar-refractivity contribution is 5.84. The van der Waals surface area contributed by atoms with Crippen LogP contribution in [0.4, 0.5) is 11.8 Å². The van der Waals surface area contributed by atoms with Gasteiger partial charge in [-0.05, 0) is 83.7 Å². The molecule has 3 heterocycles. The molecule has 9 nitrogen and oxygen atoms in total. The zero-order valence-electron chi connectivity index (χ0n) is 25.6. The molecule has 3 aliphatic rings. The van der Waals surface area contributed by atoms with Crippen LogP contribution in [0.2, 0.25) is 0 Å². The number of unbranched alkanes of at least 4 members (excludes halogenated alkanes) is 2. The van der Waals surface area contributed by atoms with E-state index >= 15 is 0 Å². The van der Waals surface area contributed by atoms with Gasteiger partial charge in [0.05, 0.1) is 6.33 Å². The number of piperidine rings is 1. The van der Waals surface area contributed by atoms with Crippen molar-refractivity contribution in [3.63, 3.8) is 0 Å². The lowest BCUT2D eigenvalue weighted by molar-refractivity contribution is 0.178. The molecule has 5 rings (SSSR count). The third-order valence-corrected chi connectivity index (χ3v) is 9.01. The zero-order chi connectivity index (χ0) is 28.2. The van der Waals surface area contributed by atoms with Gasteiger partial charge in [-0.15, -0.1) is 0 Å². The summed E-state index contributed by atoms with van der Waals surface area (Å²) in [6, 6.07) is 1.79. The summed E-state index contributed by atoms with van der Waals surface area (Å²) in [6.45, 7) is 10.2. The molecule has 9 heteroatoms. The van der Waals surface area contributed by atoms with E-state index in [1.54, 1.807) is 0 Å². The topological polar surface area (TPSA) is 109 Å². The molecule has 3 fully saturated rings. The summed E-state index contributed by atoms with van der Waals surface area (Å²) in [7, 11) is 0. The summed E-state index contributed by atoms with van der Waals surface area (Å²) in [5.74, 6) is 1.57. The van der Waals surface area contributed by atoms with Crippen LogP contribution in [-0.4, -0.2) is 62.3 Å². The Bertz CT molecular complexity index is 973. The molecular formula is C31H57N9. The van der Waals surface area contributed by atoms with Gasteiger partial charge in [0.2, 0.25) is 5.95 Å². The van der Waals surface area contributed by atoms with Crippen LogP contribution >= 0.6 is 0 Å². The summed E-state index contributed by atoms with van der Waals surface area (Å²) in [4.78, 5) is 14.7. The summed E-state index contributed by atoms with van der Waals surface area (Å²) in [5, 5.41) is 9.39. The first-order valence-corrected chi connectivity index (χ1v) is 16.6. The number of hydrogen-bond donors (Lipinski definition) is 4. The summed E-state index contributed by atoms with van der Waals surface area (Å²) < 4.78 is 2.30. The van der Waals surface area contributed by atoms with Gasteiger partial charge in [0.15, 0.2) is 17.0 Å². The lowest BCUT2D eigenvalue weighted by Crippen LogP contribution is -2.43. The van der Waals surface area contributed by atoms with E-state index < -0.39 is 0 Å². The Morgan fingerprint density at radius 3 is 2.25 bits per heavy atom. The Hall–Kier alpha value is -1.97. The third kappa shape index (κ3) is 8.76. The maximum atomic E-state index is 6.11. The number of hydrogen-bond acceptors (Lipinski definition) is 8. The zero-order valence-corrected chi connectivity index (χ0v) is 25.6. The first kappa shape index (κ1) is 31.0. The minimum atomic E-state index is 0.340. The molecule has 1 saturated heterocycles. The molecule has 2 saturated carbocycles. The molecule has 2 aromatic heterocycles. The fraction of sp³-hybridized carbons (Fsp3) is 0.839. The van der Waals surface area contributed by atoms with Crippen molar-refractivity contribution in [1.29, 1.82) is 0 Å². The minimum absolute atomic E-state index is 0.340. The van der Waals surface area contributed by atoms with Gasteiger partial charge in [0.1, 0.15) is 0 Å². The molecule has 5 N–H and O–H groups in total. The lowest BCUT2D eigenvalue weighted by atomic mass is 9.92. The number of nitrogens with zero attached hydrogens (tertiary/aromatic N) is 5. The smallest absolute Gasteiger partial charge is 0.227 e. The van der Waals surface area contributed by atoms with Crippen molar-refractivity contribution in [2.75, 3.05) is 30.4 Å². The molecule has 1 unspecified atom stereocenters. The van der Waals surface area contributed by atoms with Crippen LogP contribution in [0.1, 0.15) is 130 Å². The van der Waals surface area contributed by atoms with Gasteiger partial charge in [-0.2, -0.15) is 9.97 Å². The van der Waals surface area contributed by atoms with Crippen LogP contribution < -0.4 is 21.8 Å². The highest BCUT2D eigenvalue weighted by Crippen LogP contribution is 2.34. The maximum Gasteiger partial charge on any atom is 0.227 e. The second kappa shape index (κ2) is 16.5. The number of rotatable bonds is 12. The van der Waals surface area contributed by atoms with Crippen LogP contribution in [0.25, 0.3) is 11.2 Å². The molecule has 0 amide bonds. The van der Waals surface area contributed by atoms with Gasteiger partial charge in [-0.25, -0.2) is 9.99 Å². The molecule has 1 atom stereocenters. The standard InChI is InChI=1S/C23H38N8.C8H19N/c1-2-18-7-5-6-14-31(18)29-21-20-22(30(15-25-20)19-8-3-4-9-19)28-23(27-21)26-17-12-10-16(24)11-13-17;1-3-5-7-9-8-6-4-2/h15-19H,2-14,24H2,1H3,(H2,26,27,28,29);9H,3-8H2,1-2H3. The molecule has 2 aliphatic carbocycles. The highest BCUT2D eigenvalue weighted by atomic mass is 15.5. The minimum Gasteiger partial charge on any atom is -0.351 e. The van der Waals surface area contributed by atoms with Crippen molar-refractivity contribution in [2.24, 2.45) is 5.73 Å². The predicted molar refractivity (Wildman–Crippen MR) is 168 cm³/mol. The van der Waals surface area contributed by atoms with Crippen LogP contribution in [0.15, 0.2) is 6.33 Å². The largest absolute Gasteiger partial charge is 0.351 e. The number of nitrogens with two attached hydrogens (primary N) is 1. The third-order valence-electron chi connectivity index (χ3n) is 9.01. The lowest BCUT2D eigenvalue weighted by Gasteiger charge is -2.35. The Morgan fingerprint density at radius 1 is 0.875 bits per heavy atom. The molecule has 0 aromatic carbocycles. The Balaban J connectivity index is 0.000000357. The Labute approximate surface area is 242 Å². The Kier molecular flexibility index (Phi) is 12.8. The molecule has 0 radical (unpaired) electrons. The van der Waals surface area contributed by atoms with Crippen LogP contribution in [0, 0.1) is 0 Å². The fourth-order valence-electron chi connectivity index (χ4n) is 6.39. The van der Waals surface area contributed by atoms with Crippen LogP contribution in [-0.2, 0) is 0 Å². The fourth-order valence-corrected chi connectivity index (χ4v) is 6.39. The number of fused-ring (bicyclic) bond motifs is 1. The number of nitrogens with one attached hydrogen (secondary N) is 3. The molecule has 1 aliphatic heterocycles. The second-order valence-corrected chi connectivity index (χ2v) is 12.2. The summed E-state index contributed by atoms with van der Waals surface area (Å²) in [5.41, 5.74) is 11.6. The van der Waals surface area contributed by atoms with Crippen molar-refractivity contribution in [3.05, 3.63) is 6.33 Å². The van der Waals surface area contributed by atoms with Gasteiger partial charge < -0.3 is 26.4 Å². The number of hydrazine groups is 1. The van der Waals surface area contributed by atoms with Crippen LogP contribution in [0.5, 0.6) is 0 Å². The highest BCUT2D eigenvalue weighted by Gasteiger charge is 2.26. The predicted octanol–water partition coefficient (Wildman–Crippen LogP) is 6.39. The molecular weight excluding hydrogens is 498 g/mol. The van der Waals surface area contributed by atoms with E-state index in [4.69, 9.17) is 20.7 Å². The number of anilines is 2. The first-order chi connectivity index (χ1) is 19.6. The Morgan fingerprint density at radius 2 is 1.57 bits per heavy atom. The summed E-state index contributed by atoms with van der Waals surface area (Å²) in [6.07, 6.45) is 21.5. The SMILES string of the molecule is CCC1CCCCN1Nc1nc(NC2CCC(N)CC2)nc2c1ncn2C1CCCC1.CCCCNCCCC. The van der Waals surface area contributed by atoms with E-state index in [-0.39, 0.29) is 0 Å². The van der Waals surface area contributed by atoms with Crippen molar-refractivity contribution in [2.45, 2.75) is 148 Å². The molecule has 0 bridgehead atoms. The van der Waals surface area contributed by atoms with E-state index in [1.165, 1.54) is 83.7 Å². The van der Waals surface area contributed by atoms with Gasteiger partial charge in [-0.3, -0.25) is 0 Å². The molecule has 40 heavy (non-hydrogen) atoms. The normalized spacial score (nSPS) is 24.1. The van der Waals surface area contributed by atoms with E-state index in [9.17, 15) is 0 Å². The number of imidazole rings is 1. The summed E-state index contributed by atoms with van der Waals surface area (Å²) >= 11 is 0. The van der Waals surface area contributed by atoms with Gasteiger partial charge in [-0.1, -0.05) is 52.9 Å². The van der Waals surface area contributed by atoms with E-state index in [0.717, 1.165) is 61.6 Å². The molecule has 0 spiro atoms. The monoisotopic (exact) mass is 555 g/mol. The van der Waals surface area contributed by atoms with Gasteiger partial charge >= 0.3 is 0 Å². The average molecular weight is 556 g/mol. The van der Waals surface area contributed by atoms with Gasteiger partial charge in [0, 0.05) is 30.7 Å². The first-order valence-electron chi connectivity index (χ1n) is 16.6. The van der Waals surface area contributed by atoms with Crippen molar-refractivity contribution in [1.82, 2.24) is 29.8 Å². The molecule has 2 aromatic rings. The van der Waals surface area contributed by atoms with E-state index in [0.29, 0.717) is 24.2 Å². The second-order valence-electron chi connectivity index (χ2n) is 12.2. The van der Waals surface area contributed by atoms with Gasteiger partial charge in [0.25, 0.3) is 0 Å².